The average molecular weight is 253 g/mol. The van der Waals surface area contributed by atoms with Crippen molar-refractivity contribution in [3.63, 3.8) is 0 Å². The topological polar surface area (TPSA) is 87.2 Å². The highest BCUT2D eigenvalue weighted by atomic mass is 32.2. The van der Waals surface area contributed by atoms with Crippen molar-refractivity contribution in [1.29, 1.82) is 0 Å². The number of primary sulfonamides is 1. The Hall–Kier alpha value is -1.86. The molecule has 7 heteroatoms. The van der Waals surface area contributed by atoms with Gasteiger partial charge in [0.1, 0.15) is 10.6 Å². The van der Waals surface area contributed by atoms with Crippen molar-refractivity contribution in [3.8, 4) is 11.4 Å². The lowest BCUT2D eigenvalue weighted by molar-refractivity contribution is 0.414. The largest absolute Gasteiger partial charge is 0.497 e. The number of hydrogen-bond donors (Lipinski definition) is 1. The Balaban J connectivity index is 2.43. The van der Waals surface area contributed by atoms with Crippen LogP contribution < -0.4 is 9.88 Å². The van der Waals surface area contributed by atoms with Crippen molar-refractivity contribution >= 4 is 10.0 Å². The fraction of sp³-hybridized carbons (Fsp3) is 0.100. The van der Waals surface area contributed by atoms with Crippen molar-refractivity contribution in [2.24, 2.45) is 5.14 Å². The summed E-state index contributed by atoms with van der Waals surface area (Å²) in [7, 11) is -2.17. The smallest absolute Gasteiger partial charge is 0.241 e. The van der Waals surface area contributed by atoms with E-state index in [2.05, 4.69) is 5.10 Å². The van der Waals surface area contributed by atoms with Crippen LogP contribution in [0.2, 0.25) is 0 Å². The fourth-order valence-corrected chi connectivity index (χ4v) is 1.79. The van der Waals surface area contributed by atoms with Gasteiger partial charge in [0.2, 0.25) is 10.0 Å². The summed E-state index contributed by atoms with van der Waals surface area (Å²) in [4.78, 5) is -0.0275. The molecular weight excluding hydrogens is 242 g/mol. The third-order valence-corrected chi connectivity index (χ3v) is 3.07. The van der Waals surface area contributed by atoms with Crippen molar-refractivity contribution in [1.82, 2.24) is 9.78 Å². The molecule has 1 aromatic carbocycles. The van der Waals surface area contributed by atoms with Gasteiger partial charge in [-0.2, -0.15) is 5.10 Å². The van der Waals surface area contributed by atoms with Crippen LogP contribution in [0.25, 0.3) is 5.69 Å². The zero-order valence-corrected chi connectivity index (χ0v) is 9.89. The van der Waals surface area contributed by atoms with Gasteiger partial charge in [0.15, 0.2) is 0 Å². The van der Waals surface area contributed by atoms with E-state index in [1.54, 1.807) is 31.4 Å². The predicted molar refractivity (Wildman–Crippen MR) is 61.5 cm³/mol. The van der Waals surface area contributed by atoms with Gasteiger partial charge < -0.3 is 4.74 Å². The van der Waals surface area contributed by atoms with Crippen LogP contribution in [0.4, 0.5) is 0 Å². The molecule has 6 nitrogen and oxygen atoms in total. The van der Waals surface area contributed by atoms with Gasteiger partial charge in [0.05, 0.1) is 25.2 Å². The van der Waals surface area contributed by atoms with Gasteiger partial charge in [0.25, 0.3) is 0 Å². The maximum atomic E-state index is 11.1. The van der Waals surface area contributed by atoms with Crippen LogP contribution in [0.3, 0.4) is 0 Å². The fourth-order valence-electron chi connectivity index (χ4n) is 1.35. The van der Waals surface area contributed by atoms with Crippen molar-refractivity contribution < 1.29 is 13.2 Å². The maximum Gasteiger partial charge on any atom is 0.241 e. The number of methoxy groups -OCH3 is 1. The van der Waals surface area contributed by atoms with Gasteiger partial charge in [-0.25, -0.2) is 18.2 Å². The molecule has 1 aromatic heterocycles. The molecule has 0 unspecified atom stereocenters. The van der Waals surface area contributed by atoms with E-state index in [1.807, 2.05) is 0 Å². The maximum absolute atomic E-state index is 11.1. The van der Waals surface area contributed by atoms with Crippen LogP contribution in [0.1, 0.15) is 0 Å². The standard InChI is InChI=1S/C10H11N3O3S/c1-16-9-4-2-3-8(5-9)13-7-10(6-12-13)17(11,14)15/h2-7H,1H3,(H2,11,14,15). The molecule has 90 valence electrons. The molecule has 0 atom stereocenters. The summed E-state index contributed by atoms with van der Waals surface area (Å²) in [5, 5.41) is 8.93. The minimum atomic E-state index is -3.72. The first-order chi connectivity index (χ1) is 8.00. The Bertz CT molecular complexity index is 634. The SMILES string of the molecule is COc1cccc(-n2cc(S(N)(=O)=O)cn2)c1. The van der Waals surface area contributed by atoms with E-state index < -0.39 is 10.0 Å². The molecule has 0 amide bonds. The molecule has 0 radical (unpaired) electrons. The number of sulfonamides is 1. The molecule has 0 saturated heterocycles. The first-order valence-electron chi connectivity index (χ1n) is 4.72. The number of rotatable bonds is 3. The number of aromatic nitrogens is 2. The van der Waals surface area contributed by atoms with Gasteiger partial charge in [-0.15, -0.1) is 0 Å². The molecule has 0 aliphatic heterocycles. The first-order valence-corrected chi connectivity index (χ1v) is 6.27. The van der Waals surface area contributed by atoms with Gasteiger partial charge in [-0.05, 0) is 12.1 Å². The molecule has 17 heavy (non-hydrogen) atoms. The van der Waals surface area contributed by atoms with E-state index in [-0.39, 0.29) is 4.90 Å². The molecule has 0 saturated carbocycles. The number of nitrogens with zero attached hydrogens (tertiary/aromatic N) is 2. The van der Waals surface area contributed by atoms with Crippen LogP contribution in [0.15, 0.2) is 41.6 Å². The van der Waals surface area contributed by atoms with Gasteiger partial charge >= 0.3 is 0 Å². The average Bonchev–Trinajstić information content (AvgIpc) is 2.78. The van der Waals surface area contributed by atoms with E-state index in [0.29, 0.717) is 11.4 Å². The number of benzene rings is 1. The summed E-state index contributed by atoms with van der Waals surface area (Å²) in [6.45, 7) is 0. The molecule has 0 aliphatic rings. The predicted octanol–water partition coefficient (Wildman–Crippen LogP) is 0.528. The highest BCUT2D eigenvalue weighted by Crippen LogP contribution is 2.16. The summed E-state index contributed by atoms with van der Waals surface area (Å²) in [5.41, 5.74) is 0.694. The lowest BCUT2D eigenvalue weighted by Crippen LogP contribution is -2.11. The zero-order chi connectivity index (χ0) is 12.5. The Morgan fingerprint density at radius 1 is 1.41 bits per heavy atom. The molecule has 0 aliphatic carbocycles. The molecule has 2 rings (SSSR count). The summed E-state index contributed by atoms with van der Waals surface area (Å²) in [6, 6.07) is 7.09. The lowest BCUT2D eigenvalue weighted by atomic mass is 10.3. The molecular formula is C10H11N3O3S. The highest BCUT2D eigenvalue weighted by molar-refractivity contribution is 7.89. The van der Waals surface area contributed by atoms with Crippen LogP contribution in [0, 0.1) is 0 Å². The van der Waals surface area contributed by atoms with E-state index in [0.717, 1.165) is 0 Å². The number of nitrogens with two attached hydrogens (primary N) is 1. The Morgan fingerprint density at radius 3 is 2.76 bits per heavy atom. The third-order valence-electron chi connectivity index (χ3n) is 2.21. The van der Waals surface area contributed by atoms with Crippen LogP contribution in [0.5, 0.6) is 5.75 Å². The highest BCUT2D eigenvalue weighted by Gasteiger charge is 2.11. The number of hydrogen-bond acceptors (Lipinski definition) is 4. The van der Waals surface area contributed by atoms with Crippen LogP contribution in [-0.4, -0.2) is 25.3 Å². The minimum absolute atomic E-state index is 0.0275. The van der Waals surface area contributed by atoms with Gasteiger partial charge in [0, 0.05) is 6.07 Å². The Labute approximate surface area is 98.7 Å². The van der Waals surface area contributed by atoms with E-state index in [1.165, 1.54) is 17.1 Å². The summed E-state index contributed by atoms with van der Waals surface area (Å²) in [6.07, 6.45) is 2.55. The molecule has 0 bridgehead atoms. The van der Waals surface area contributed by atoms with E-state index >= 15 is 0 Å². The van der Waals surface area contributed by atoms with Crippen molar-refractivity contribution in [2.75, 3.05) is 7.11 Å². The summed E-state index contributed by atoms with van der Waals surface area (Å²) in [5.74, 6) is 0.662. The second-order valence-electron chi connectivity index (χ2n) is 3.37. The second-order valence-corrected chi connectivity index (χ2v) is 4.93. The molecule has 2 aromatic rings. The van der Waals surface area contributed by atoms with Crippen molar-refractivity contribution in [2.45, 2.75) is 4.90 Å². The lowest BCUT2D eigenvalue weighted by Gasteiger charge is -2.03. The number of ether oxygens (including phenoxy) is 1. The molecule has 2 N–H and O–H groups in total. The van der Waals surface area contributed by atoms with Crippen LogP contribution >= 0.6 is 0 Å². The van der Waals surface area contributed by atoms with Gasteiger partial charge in [-0.1, -0.05) is 6.07 Å². The monoisotopic (exact) mass is 253 g/mol. The third kappa shape index (κ3) is 2.45. The molecule has 0 fully saturated rings. The van der Waals surface area contributed by atoms with Gasteiger partial charge in [-0.3, -0.25) is 0 Å². The quantitative estimate of drug-likeness (QED) is 0.864. The minimum Gasteiger partial charge on any atom is -0.497 e. The van der Waals surface area contributed by atoms with E-state index in [4.69, 9.17) is 9.88 Å². The molecule has 0 spiro atoms. The summed E-state index contributed by atoms with van der Waals surface area (Å²) >= 11 is 0. The first kappa shape index (κ1) is 11.6. The zero-order valence-electron chi connectivity index (χ0n) is 9.07. The second kappa shape index (κ2) is 4.19. The Kier molecular flexibility index (Phi) is 2.86. The van der Waals surface area contributed by atoms with E-state index in [9.17, 15) is 8.42 Å². The molecule has 1 heterocycles. The normalized spacial score (nSPS) is 11.4. The Morgan fingerprint density at radius 2 is 2.18 bits per heavy atom. The summed E-state index contributed by atoms with van der Waals surface area (Å²) < 4.78 is 28.7. The van der Waals surface area contributed by atoms with Crippen LogP contribution in [-0.2, 0) is 10.0 Å². The van der Waals surface area contributed by atoms with Crippen molar-refractivity contribution in [3.05, 3.63) is 36.7 Å².